The highest BCUT2D eigenvalue weighted by Gasteiger charge is 2.45. The lowest BCUT2D eigenvalue weighted by atomic mass is 9.68. The lowest BCUT2D eigenvalue weighted by Crippen LogP contribution is -2.42. The molecule has 5 rings (SSSR count). The van der Waals surface area contributed by atoms with Crippen molar-refractivity contribution in [2.45, 2.75) is 53.0 Å². The van der Waals surface area contributed by atoms with Gasteiger partial charge in [-0.25, -0.2) is 0 Å². The van der Waals surface area contributed by atoms with Crippen LogP contribution in [-0.4, -0.2) is 37.0 Å². The fourth-order valence-electron chi connectivity index (χ4n) is 6.10. The topological polar surface area (TPSA) is 82.6 Å². The number of benzene rings is 2. The number of hydrogen-bond donors (Lipinski definition) is 1. The van der Waals surface area contributed by atoms with Crippen LogP contribution in [0.3, 0.4) is 0 Å². The zero-order valence-corrected chi connectivity index (χ0v) is 23.4. The minimum absolute atomic E-state index is 0.0789. The second-order valence-electron chi connectivity index (χ2n) is 11.5. The quantitative estimate of drug-likeness (QED) is 0.543. The SMILES string of the molecule is Cc1cc(C)c(C2C(C#N)=C(N)N(c3ccc(Cl)cc3)C3=C2C(=O)CC(C)(C)C3)cc1CN1CCOCC1. The predicted molar refractivity (Wildman–Crippen MR) is 151 cm³/mol. The Morgan fingerprint density at radius 3 is 2.45 bits per heavy atom. The molecule has 0 amide bonds. The minimum Gasteiger partial charge on any atom is -0.384 e. The Morgan fingerprint density at radius 2 is 1.79 bits per heavy atom. The summed E-state index contributed by atoms with van der Waals surface area (Å²) >= 11 is 6.18. The van der Waals surface area contributed by atoms with Gasteiger partial charge in [0.25, 0.3) is 0 Å². The third-order valence-electron chi connectivity index (χ3n) is 8.00. The van der Waals surface area contributed by atoms with Crippen molar-refractivity contribution in [2.75, 3.05) is 31.2 Å². The lowest BCUT2D eigenvalue weighted by Gasteiger charge is -2.44. The fourth-order valence-corrected chi connectivity index (χ4v) is 6.23. The van der Waals surface area contributed by atoms with Gasteiger partial charge in [0.05, 0.1) is 30.8 Å². The number of Topliss-reactive ketones (excluding diaryl/α,β-unsaturated/α-hetero) is 1. The normalized spacial score (nSPS) is 21.9. The highest BCUT2D eigenvalue weighted by molar-refractivity contribution is 6.30. The third kappa shape index (κ3) is 4.87. The summed E-state index contributed by atoms with van der Waals surface area (Å²) < 4.78 is 5.53. The summed E-state index contributed by atoms with van der Waals surface area (Å²) in [5.41, 5.74) is 13.8. The van der Waals surface area contributed by atoms with E-state index in [-0.39, 0.29) is 11.2 Å². The molecule has 2 heterocycles. The Bertz CT molecular complexity index is 1380. The van der Waals surface area contributed by atoms with E-state index >= 15 is 0 Å². The van der Waals surface area contributed by atoms with Crippen molar-refractivity contribution in [1.82, 2.24) is 4.90 Å². The van der Waals surface area contributed by atoms with Gasteiger partial charge in [-0.15, -0.1) is 0 Å². The summed E-state index contributed by atoms with van der Waals surface area (Å²) in [7, 11) is 0. The van der Waals surface area contributed by atoms with E-state index < -0.39 is 5.92 Å². The maximum atomic E-state index is 13.9. The van der Waals surface area contributed by atoms with Crippen molar-refractivity contribution in [1.29, 1.82) is 5.26 Å². The predicted octanol–water partition coefficient (Wildman–Crippen LogP) is 5.73. The lowest BCUT2D eigenvalue weighted by molar-refractivity contribution is -0.118. The number of rotatable bonds is 4. The second-order valence-corrected chi connectivity index (χ2v) is 11.9. The van der Waals surface area contributed by atoms with Crippen molar-refractivity contribution in [2.24, 2.45) is 11.1 Å². The molecule has 7 heteroatoms. The molecule has 0 saturated carbocycles. The molecule has 38 heavy (non-hydrogen) atoms. The van der Waals surface area contributed by atoms with Crippen LogP contribution in [0.2, 0.25) is 5.02 Å². The van der Waals surface area contributed by atoms with Crippen molar-refractivity contribution < 1.29 is 9.53 Å². The van der Waals surface area contributed by atoms with Gasteiger partial charge in [0.2, 0.25) is 0 Å². The van der Waals surface area contributed by atoms with Crippen molar-refractivity contribution >= 4 is 23.1 Å². The summed E-state index contributed by atoms with van der Waals surface area (Å²) in [5, 5.41) is 11.1. The van der Waals surface area contributed by atoms with Crippen molar-refractivity contribution in [3.05, 3.63) is 86.3 Å². The molecule has 1 aliphatic carbocycles. The van der Waals surface area contributed by atoms with Gasteiger partial charge in [0, 0.05) is 48.0 Å². The first-order valence-corrected chi connectivity index (χ1v) is 13.6. The summed E-state index contributed by atoms with van der Waals surface area (Å²) in [6.45, 7) is 12.5. The number of ketones is 1. The maximum Gasteiger partial charge on any atom is 0.162 e. The molecule has 0 bridgehead atoms. The molecular formula is C31H35ClN4O2. The van der Waals surface area contributed by atoms with Gasteiger partial charge < -0.3 is 10.5 Å². The van der Waals surface area contributed by atoms with Crippen LogP contribution < -0.4 is 10.6 Å². The van der Waals surface area contributed by atoms with Gasteiger partial charge in [-0.2, -0.15) is 5.26 Å². The molecule has 1 atom stereocenters. The highest BCUT2D eigenvalue weighted by Crippen LogP contribution is 2.51. The molecule has 1 fully saturated rings. The number of nitrogens with two attached hydrogens (primary N) is 1. The molecular weight excluding hydrogens is 496 g/mol. The molecule has 2 aliphatic heterocycles. The van der Waals surface area contributed by atoms with E-state index in [9.17, 15) is 10.1 Å². The molecule has 0 spiro atoms. The molecule has 0 aromatic heterocycles. The molecule has 1 unspecified atom stereocenters. The number of anilines is 1. The van der Waals surface area contributed by atoms with Gasteiger partial charge in [0.1, 0.15) is 5.82 Å². The van der Waals surface area contributed by atoms with Crippen LogP contribution in [0.1, 0.15) is 54.9 Å². The monoisotopic (exact) mass is 530 g/mol. The number of carbonyl (C=O) groups excluding carboxylic acids is 1. The van der Waals surface area contributed by atoms with E-state index in [1.165, 1.54) is 11.1 Å². The maximum absolute atomic E-state index is 13.9. The summed E-state index contributed by atoms with van der Waals surface area (Å²) in [6.07, 6.45) is 1.11. The van der Waals surface area contributed by atoms with E-state index in [0.717, 1.165) is 55.4 Å². The smallest absolute Gasteiger partial charge is 0.162 e. The summed E-state index contributed by atoms with van der Waals surface area (Å²) in [5.74, 6) is -0.0415. The minimum atomic E-state index is -0.494. The first kappa shape index (κ1) is 26.5. The Kier molecular flexibility index (Phi) is 7.13. The molecule has 6 nitrogen and oxygen atoms in total. The summed E-state index contributed by atoms with van der Waals surface area (Å²) in [4.78, 5) is 18.2. The molecule has 198 valence electrons. The van der Waals surface area contributed by atoms with Crippen LogP contribution in [0, 0.1) is 30.6 Å². The molecule has 2 aromatic rings. The molecule has 3 aliphatic rings. The zero-order chi connectivity index (χ0) is 27.2. The Morgan fingerprint density at radius 1 is 1.11 bits per heavy atom. The third-order valence-corrected chi connectivity index (χ3v) is 8.25. The first-order valence-electron chi connectivity index (χ1n) is 13.2. The van der Waals surface area contributed by atoms with Crippen LogP contribution >= 0.6 is 11.6 Å². The number of carbonyl (C=O) groups is 1. The van der Waals surface area contributed by atoms with Crippen molar-refractivity contribution in [3.63, 3.8) is 0 Å². The standard InChI is InChI=1S/C31H35ClN4O2/c1-19-13-20(2)24(14-21(19)18-35-9-11-38-12-10-35)28-25(17-33)30(34)36(23-7-5-22(32)6-8-23)26-15-31(3,4)16-27(37)29(26)28/h5-8,13-14,28H,9-12,15-16,18,34H2,1-4H3. The highest BCUT2D eigenvalue weighted by atomic mass is 35.5. The number of aryl methyl sites for hydroxylation is 2. The van der Waals surface area contributed by atoms with Gasteiger partial charge in [-0.1, -0.05) is 37.6 Å². The number of nitrogens with zero attached hydrogens (tertiary/aromatic N) is 3. The van der Waals surface area contributed by atoms with Gasteiger partial charge in [0.15, 0.2) is 5.78 Å². The zero-order valence-electron chi connectivity index (χ0n) is 22.6. The van der Waals surface area contributed by atoms with E-state index in [2.05, 4.69) is 50.8 Å². The average molecular weight is 531 g/mol. The first-order chi connectivity index (χ1) is 18.1. The van der Waals surface area contributed by atoms with E-state index in [1.54, 1.807) is 12.1 Å². The van der Waals surface area contributed by atoms with Gasteiger partial charge in [-0.3, -0.25) is 14.6 Å². The average Bonchev–Trinajstić information content (AvgIpc) is 2.86. The summed E-state index contributed by atoms with van der Waals surface area (Å²) in [6, 6.07) is 14.2. The number of ether oxygens (including phenoxy) is 1. The van der Waals surface area contributed by atoms with Crippen LogP contribution in [0.5, 0.6) is 0 Å². The molecule has 2 N–H and O–H groups in total. The Balaban J connectivity index is 1.69. The van der Waals surface area contributed by atoms with Crippen molar-refractivity contribution in [3.8, 4) is 6.07 Å². The van der Waals surface area contributed by atoms with Crippen LogP contribution in [-0.2, 0) is 16.1 Å². The largest absolute Gasteiger partial charge is 0.384 e. The number of nitriles is 1. The number of morpholine rings is 1. The van der Waals surface area contributed by atoms with E-state index in [1.807, 2.05) is 17.0 Å². The van der Waals surface area contributed by atoms with Crippen LogP contribution in [0.25, 0.3) is 0 Å². The molecule has 1 saturated heterocycles. The van der Waals surface area contributed by atoms with Crippen LogP contribution in [0.4, 0.5) is 5.69 Å². The van der Waals surface area contributed by atoms with Crippen LogP contribution in [0.15, 0.2) is 59.1 Å². The fraction of sp³-hybridized carbons (Fsp3) is 0.419. The number of halogens is 1. The Labute approximate surface area is 230 Å². The Hall–Kier alpha value is -3.11. The van der Waals surface area contributed by atoms with E-state index in [4.69, 9.17) is 22.1 Å². The second kappa shape index (κ2) is 10.2. The number of hydrogen-bond acceptors (Lipinski definition) is 6. The van der Waals surface area contributed by atoms with Gasteiger partial charge in [-0.05, 0) is 72.2 Å². The molecule has 0 radical (unpaired) electrons. The molecule has 2 aromatic carbocycles. The van der Waals surface area contributed by atoms with E-state index in [0.29, 0.717) is 34.8 Å². The van der Waals surface area contributed by atoms with Gasteiger partial charge >= 0.3 is 0 Å². The number of allylic oxidation sites excluding steroid dienone is 3.